The monoisotopic (exact) mass is 311 g/mol. The molecule has 2 rings (SSSR count). The molecule has 2 aromatic rings. The lowest BCUT2D eigenvalue weighted by molar-refractivity contribution is -0.420. The first kappa shape index (κ1) is 15.1. The van der Waals surface area contributed by atoms with Crippen molar-refractivity contribution >= 4 is 15.9 Å². The van der Waals surface area contributed by atoms with Gasteiger partial charge in [-0.1, -0.05) is 18.2 Å². The molecule has 0 bridgehead atoms. The summed E-state index contributed by atoms with van der Waals surface area (Å²) in [5, 5.41) is 0. The smallest absolute Gasteiger partial charge is 0.276 e. The average molecular weight is 311 g/mol. The molecule has 0 saturated heterocycles. The summed E-state index contributed by atoms with van der Waals surface area (Å²) in [5.41, 5.74) is 0.589. The molecule has 4 nitrogen and oxygen atoms in total. The van der Waals surface area contributed by atoms with Crippen LogP contribution in [0.25, 0.3) is 0 Å². The van der Waals surface area contributed by atoms with Gasteiger partial charge in [0.2, 0.25) is 0 Å². The fourth-order valence-corrected chi connectivity index (χ4v) is 2.90. The number of benzene rings is 2. The van der Waals surface area contributed by atoms with Crippen LogP contribution in [0.15, 0.2) is 53.4 Å². The molecule has 0 atom stereocenters. The molecule has 0 unspecified atom stereocenters. The van der Waals surface area contributed by atoms with E-state index < -0.39 is 26.6 Å². The summed E-state index contributed by atoms with van der Waals surface area (Å²) in [7, 11) is -2.62. The van der Waals surface area contributed by atoms with Crippen molar-refractivity contribution in [3.05, 3.63) is 65.7 Å². The van der Waals surface area contributed by atoms with Crippen molar-refractivity contribution in [2.45, 2.75) is 4.90 Å². The van der Waals surface area contributed by atoms with Crippen LogP contribution in [-0.2, 0) is 10.0 Å². The number of nitrogens with one attached hydrogen (secondary N) is 2. The summed E-state index contributed by atoms with van der Waals surface area (Å²) >= 11 is 0. The van der Waals surface area contributed by atoms with E-state index in [0.29, 0.717) is 11.6 Å². The number of halogens is 2. The molecule has 0 fully saturated rings. The highest BCUT2D eigenvalue weighted by Crippen LogP contribution is 2.15. The molecule has 0 heterocycles. The molecular weight excluding hydrogens is 298 g/mol. The lowest BCUT2D eigenvalue weighted by Gasteiger charge is -2.05. The van der Waals surface area contributed by atoms with Gasteiger partial charge < -0.3 is 0 Å². The van der Waals surface area contributed by atoms with Gasteiger partial charge in [0.15, 0.2) is 0 Å². The van der Waals surface area contributed by atoms with Gasteiger partial charge in [-0.05, 0) is 24.3 Å². The topological polar surface area (TPSA) is 60.1 Å². The third kappa shape index (κ3) is 3.43. The third-order valence-electron chi connectivity index (χ3n) is 2.73. The van der Waals surface area contributed by atoms with Crippen molar-refractivity contribution in [2.24, 2.45) is 0 Å². The minimum Gasteiger partial charge on any atom is -0.276 e. The fourth-order valence-electron chi connectivity index (χ4n) is 1.74. The molecule has 0 saturated carbocycles. The maximum absolute atomic E-state index is 13.6. The van der Waals surface area contributed by atoms with E-state index in [1.165, 1.54) is 7.05 Å². The maximum Gasteiger partial charge on any atom is 0.331 e. The maximum atomic E-state index is 13.6. The second-order valence-corrected chi connectivity index (χ2v) is 5.82. The number of rotatable bonds is 3. The van der Waals surface area contributed by atoms with Crippen molar-refractivity contribution in [1.29, 1.82) is 0 Å². The van der Waals surface area contributed by atoms with Gasteiger partial charge in [0.05, 0.1) is 12.6 Å². The highest BCUT2D eigenvalue weighted by molar-refractivity contribution is 7.90. The molecule has 21 heavy (non-hydrogen) atoms. The van der Waals surface area contributed by atoms with Crippen molar-refractivity contribution in [1.82, 2.24) is 4.72 Å². The van der Waals surface area contributed by atoms with Crippen LogP contribution in [0.1, 0.15) is 5.56 Å². The van der Waals surface area contributed by atoms with Crippen molar-refractivity contribution in [2.75, 3.05) is 7.05 Å². The van der Waals surface area contributed by atoms with Crippen molar-refractivity contribution in [3.63, 3.8) is 0 Å². The summed E-state index contributed by atoms with van der Waals surface area (Å²) in [6.07, 6.45) is 0. The minimum absolute atomic E-state index is 0.194. The predicted octanol–water partition coefficient (Wildman–Crippen LogP) is 0.400. The van der Waals surface area contributed by atoms with E-state index in [1.54, 1.807) is 30.3 Å². The fraction of sp³-hybridized carbons (Fsp3) is 0.0714. The molecule has 0 radical (unpaired) electrons. The molecule has 0 aliphatic rings. The Labute approximate surface area is 121 Å². The van der Waals surface area contributed by atoms with Gasteiger partial charge in [0, 0.05) is 6.07 Å². The highest BCUT2D eigenvalue weighted by Gasteiger charge is 2.26. The third-order valence-corrected chi connectivity index (χ3v) is 4.12. The van der Waals surface area contributed by atoms with E-state index in [-0.39, 0.29) is 5.84 Å². The molecule has 0 aromatic heterocycles. The summed E-state index contributed by atoms with van der Waals surface area (Å²) in [6, 6.07) is 10.9. The molecule has 2 N–H and O–H groups in total. The van der Waals surface area contributed by atoms with Gasteiger partial charge in [-0.2, -0.15) is 13.1 Å². The Morgan fingerprint density at radius 3 is 2.33 bits per heavy atom. The van der Waals surface area contributed by atoms with E-state index >= 15 is 0 Å². The Morgan fingerprint density at radius 1 is 1.10 bits per heavy atom. The zero-order valence-corrected chi connectivity index (χ0v) is 11.9. The lowest BCUT2D eigenvalue weighted by Crippen LogP contribution is -2.72. The molecule has 7 heteroatoms. The van der Waals surface area contributed by atoms with E-state index in [4.69, 9.17) is 0 Å². The van der Waals surface area contributed by atoms with Crippen LogP contribution in [0.2, 0.25) is 0 Å². The zero-order valence-electron chi connectivity index (χ0n) is 11.1. The minimum atomic E-state index is -4.16. The van der Waals surface area contributed by atoms with Crippen LogP contribution in [0.4, 0.5) is 8.78 Å². The first-order valence-corrected chi connectivity index (χ1v) is 7.50. The second kappa shape index (κ2) is 6.01. The second-order valence-electron chi connectivity index (χ2n) is 4.17. The van der Waals surface area contributed by atoms with Crippen LogP contribution in [-0.4, -0.2) is 21.3 Å². The Bertz CT molecular complexity index is 775. The molecule has 0 amide bonds. The summed E-state index contributed by atoms with van der Waals surface area (Å²) in [6.45, 7) is 0. The lowest BCUT2D eigenvalue weighted by atomic mass is 10.2. The van der Waals surface area contributed by atoms with Crippen LogP contribution >= 0.6 is 0 Å². The van der Waals surface area contributed by atoms with Crippen LogP contribution in [0.3, 0.4) is 0 Å². The summed E-state index contributed by atoms with van der Waals surface area (Å²) in [4.78, 5) is 2.09. The molecule has 0 spiro atoms. The van der Waals surface area contributed by atoms with Gasteiger partial charge in [-0.3, -0.25) is 4.99 Å². The van der Waals surface area contributed by atoms with Gasteiger partial charge in [-0.15, -0.1) is 0 Å². The summed E-state index contributed by atoms with van der Waals surface area (Å²) in [5.74, 6) is -1.79. The number of sulfonamides is 1. The molecular formula is C14H13F2N2O2S+. The Hall–Kier alpha value is -2.28. The Kier molecular flexibility index (Phi) is 4.32. The molecule has 110 valence electrons. The number of hydrogen-bond donors (Lipinski definition) is 2. The molecule has 0 aliphatic heterocycles. The van der Waals surface area contributed by atoms with Gasteiger partial charge in [-0.25, -0.2) is 8.78 Å². The van der Waals surface area contributed by atoms with Crippen molar-refractivity contribution in [3.8, 4) is 0 Å². The standard InChI is InChI=1S/C14H12F2N2O2S/c1-17-14(10-5-3-2-4-6-10)18-21(19,20)13-8-7-11(15)9-12(13)16/h2-9H,1H3,(H,17,18)/p+1. The van der Waals surface area contributed by atoms with E-state index in [0.717, 1.165) is 12.1 Å². The van der Waals surface area contributed by atoms with Crippen molar-refractivity contribution < 1.29 is 22.2 Å². The van der Waals surface area contributed by atoms with E-state index in [2.05, 4.69) is 9.71 Å². The largest absolute Gasteiger partial charge is 0.331 e. The zero-order chi connectivity index (χ0) is 15.5. The quantitative estimate of drug-likeness (QED) is 0.637. The van der Waals surface area contributed by atoms with Gasteiger partial charge >= 0.3 is 10.0 Å². The SMILES string of the molecule is C[NH+]=C(NS(=O)(=O)c1ccc(F)cc1F)c1ccccc1. The highest BCUT2D eigenvalue weighted by atomic mass is 32.2. The predicted molar refractivity (Wildman–Crippen MR) is 74.1 cm³/mol. The van der Waals surface area contributed by atoms with E-state index in [9.17, 15) is 17.2 Å². The molecule has 0 aliphatic carbocycles. The van der Waals surface area contributed by atoms with Gasteiger partial charge in [0.1, 0.15) is 16.5 Å². The van der Waals surface area contributed by atoms with Crippen LogP contribution in [0.5, 0.6) is 0 Å². The van der Waals surface area contributed by atoms with Crippen LogP contribution in [0, 0.1) is 11.6 Å². The Morgan fingerprint density at radius 2 is 1.76 bits per heavy atom. The summed E-state index contributed by atoms with van der Waals surface area (Å²) < 4.78 is 53.1. The molecule has 2 aromatic carbocycles. The Balaban J connectivity index is 2.37. The average Bonchev–Trinajstić information content (AvgIpc) is 2.45. The van der Waals surface area contributed by atoms with E-state index in [1.807, 2.05) is 0 Å². The number of amidine groups is 1. The number of hydrogen-bond acceptors (Lipinski definition) is 2. The normalized spacial score (nSPS) is 12.2. The van der Waals surface area contributed by atoms with Crippen LogP contribution < -0.4 is 9.71 Å². The van der Waals surface area contributed by atoms with Gasteiger partial charge in [0.25, 0.3) is 5.84 Å². The first-order chi connectivity index (χ1) is 9.94. The first-order valence-electron chi connectivity index (χ1n) is 6.02.